The minimum atomic E-state index is -0.587. The molecular formula is C19H19FN4O. The lowest BCUT2D eigenvalue weighted by molar-refractivity contribution is -0.122. The van der Waals surface area contributed by atoms with Crippen molar-refractivity contribution in [3.63, 3.8) is 0 Å². The molecule has 1 aliphatic rings. The molecule has 25 heavy (non-hydrogen) atoms. The summed E-state index contributed by atoms with van der Waals surface area (Å²) in [4.78, 5) is 19.0. The number of pyridine rings is 1. The van der Waals surface area contributed by atoms with Gasteiger partial charge in [-0.15, -0.1) is 0 Å². The Balaban J connectivity index is 1.71. The third kappa shape index (κ3) is 4.20. The van der Waals surface area contributed by atoms with Gasteiger partial charge in [0.2, 0.25) is 5.91 Å². The highest BCUT2D eigenvalue weighted by Crippen LogP contribution is 2.22. The summed E-state index contributed by atoms with van der Waals surface area (Å²) in [6.07, 6.45) is 6.36. The van der Waals surface area contributed by atoms with Crippen molar-refractivity contribution in [3.8, 4) is 6.07 Å². The van der Waals surface area contributed by atoms with Crippen LogP contribution in [0.25, 0.3) is 0 Å². The van der Waals surface area contributed by atoms with Crippen LogP contribution in [0.1, 0.15) is 30.4 Å². The van der Waals surface area contributed by atoms with E-state index in [9.17, 15) is 9.18 Å². The van der Waals surface area contributed by atoms with Crippen LogP contribution in [-0.4, -0.2) is 28.4 Å². The number of nitrogens with zero attached hydrogens (tertiary/aromatic N) is 3. The summed E-state index contributed by atoms with van der Waals surface area (Å²) in [7, 11) is 0. The number of aromatic nitrogens is 1. The summed E-state index contributed by atoms with van der Waals surface area (Å²) >= 11 is 0. The minimum Gasteiger partial charge on any atom is -0.325 e. The van der Waals surface area contributed by atoms with Crippen LogP contribution < -0.4 is 5.32 Å². The number of piperidine rings is 1. The zero-order valence-corrected chi connectivity index (χ0v) is 13.8. The Bertz CT molecular complexity index is 788. The van der Waals surface area contributed by atoms with Gasteiger partial charge < -0.3 is 5.32 Å². The molecule has 2 aromatic rings. The lowest BCUT2D eigenvalue weighted by Crippen LogP contribution is -2.46. The highest BCUT2D eigenvalue weighted by molar-refractivity contribution is 5.95. The van der Waals surface area contributed by atoms with Gasteiger partial charge in [-0.2, -0.15) is 5.26 Å². The van der Waals surface area contributed by atoms with Crippen molar-refractivity contribution in [1.82, 2.24) is 9.88 Å². The third-order valence-corrected chi connectivity index (χ3v) is 4.38. The fourth-order valence-corrected chi connectivity index (χ4v) is 3.12. The molecular weight excluding hydrogens is 319 g/mol. The second-order valence-corrected chi connectivity index (χ2v) is 6.14. The number of nitriles is 1. The quantitative estimate of drug-likeness (QED) is 0.930. The third-order valence-electron chi connectivity index (χ3n) is 4.38. The van der Waals surface area contributed by atoms with E-state index in [0.717, 1.165) is 31.4 Å². The summed E-state index contributed by atoms with van der Waals surface area (Å²) < 4.78 is 13.4. The van der Waals surface area contributed by atoms with Crippen LogP contribution in [0.15, 0.2) is 42.7 Å². The monoisotopic (exact) mass is 338 g/mol. The van der Waals surface area contributed by atoms with E-state index in [1.165, 1.54) is 18.2 Å². The van der Waals surface area contributed by atoms with Gasteiger partial charge in [-0.25, -0.2) is 4.39 Å². The van der Waals surface area contributed by atoms with Crippen molar-refractivity contribution in [3.05, 3.63) is 59.7 Å². The predicted octanol–water partition coefficient (Wildman–Crippen LogP) is 3.09. The fraction of sp³-hybridized carbons (Fsp3) is 0.316. The van der Waals surface area contributed by atoms with Gasteiger partial charge in [-0.1, -0.05) is 12.5 Å². The normalized spacial score (nSPS) is 17.7. The number of hydrogen-bond acceptors (Lipinski definition) is 4. The van der Waals surface area contributed by atoms with Crippen molar-refractivity contribution >= 4 is 11.6 Å². The van der Waals surface area contributed by atoms with Gasteiger partial charge in [0.1, 0.15) is 11.9 Å². The van der Waals surface area contributed by atoms with E-state index in [1.54, 1.807) is 12.3 Å². The van der Waals surface area contributed by atoms with Crippen molar-refractivity contribution in [2.45, 2.75) is 31.8 Å². The van der Waals surface area contributed by atoms with Crippen molar-refractivity contribution < 1.29 is 9.18 Å². The molecule has 1 aromatic carbocycles. The molecule has 0 spiro atoms. The molecule has 6 heteroatoms. The smallest absolute Gasteiger partial charge is 0.241 e. The highest BCUT2D eigenvalue weighted by Gasteiger charge is 2.28. The second kappa shape index (κ2) is 7.86. The molecule has 1 N–H and O–H groups in total. The fourth-order valence-electron chi connectivity index (χ4n) is 3.12. The molecule has 1 saturated heterocycles. The van der Waals surface area contributed by atoms with Gasteiger partial charge in [0.25, 0.3) is 0 Å². The van der Waals surface area contributed by atoms with E-state index in [1.807, 2.05) is 18.3 Å². The van der Waals surface area contributed by atoms with Gasteiger partial charge in [0.05, 0.1) is 11.6 Å². The molecule has 0 radical (unpaired) electrons. The first kappa shape index (κ1) is 17.1. The molecule has 0 aliphatic carbocycles. The molecule has 1 fully saturated rings. The topological polar surface area (TPSA) is 69.0 Å². The van der Waals surface area contributed by atoms with Crippen LogP contribution in [0.3, 0.4) is 0 Å². The van der Waals surface area contributed by atoms with Crippen LogP contribution in [-0.2, 0) is 11.3 Å². The molecule has 1 aliphatic heterocycles. The maximum absolute atomic E-state index is 13.4. The Morgan fingerprint density at radius 3 is 3.04 bits per heavy atom. The summed E-state index contributed by atoms with van der Waals surface area (Å²) in [5, 5.41) is 11.7. The lowest BCUT2D eigenvalue weighted by atomic mass is 10.0. The summed E-state index contributed by atoms with van der Waals surface area (Å²) in [6, 6.07) is 9.46. The Morgan fingerprint density at radius 1 is 1.40 bits per heavy atom. The minimum absolute atomic E-state index is 0.0753. The molecule has 5 nitrogen and oxygen atoms in total. The van der Waals surface area contributed by atoms with Gasteiger partial charge in [-0.3, -0.25) is 14.7 Å². The van der Waals surface area contributed by atoms with Crippen molar-refractivity contribution in [2.75, 3.05) is 11.9 Å². The average molecular weight is 338 g/mol. The number of benzene rings is 1. The van der Waals surface area contributed by atoms with Gasteiger partial charge >= 0.3 is 0 Å². The number of carbonyl (C=O) groups is 1. The van der Waals surface area contributed by atoms with Crippen LogP contribution >= 0.6 is 0 Å². The maximum atomic E-state index is 13.4. The first-order valence-corrected chi connectivity index (χ1v) is 8.31. The largest absolute Gasteiger partial charge is 0.325 e. The van der Waals surface area contributed by atoms with E-state index in [2.05, 4.69) is 15.2 Å². The first-order valence-electron chi connectivity index (χ1n) is 8.31. The molecule has 1 aromatic heterocycles. The molecule has 128 valence electrons. The van der Waals surface area contributed by atoms with Crippen LogP contribution in [0, 0.1) is 17.1 Å². The SMILES string of the molecule is N#Cc1cc(NC(=O)C2CCCCN2Cc2cccnc2)ccc1F. The molecule has 2 heterocycles. The van der Waals surface area contributed by atoms with Crippen LogP contribution in [0.2, 0.25) is 0 Å². The molecule has 3 rings (SSSR count). The average Bonchev–Trinajstić information content (AvgIpc) is 2.64. The number of amides is 1. The Labute approximate surface area is 146 Å². The number of hydrogen-bond donors (Lipinski definition) is 1. The number of rotatable bonds is 4. The van der Waals surface area contributed by atoms with Gasteiger partial charge in [0, 0.05) is 24.6 Å². The lowest BCUT2D eigenvalue weighted by Gasteiger charge is -2.34. The van der Waals surface area contributed by atoms with E-state index < -0.39 is 5.82 Å². The number of anilines is 1. The molecule has 1 atom stereocenters. The molecule has 1 unspecified atom stereocenters. The Hall–Kier alpha value is -2.78. The van der Waals surface area contributed by atoms with E-state index in [0.29, 0.717) is 12.2 Å². The van der Waals surface area contributed by atoms with E-state index in [-0.39, 0.29) is 17.5 Å². The number of likely N-dealkylation sites (tertiary alicyclic amines) is 1. The summed E-state index contributed by atoms with van der Waals surface area (Å²) in [6.45, 7) is 1.51. The standard InChI is InChI=1S/C19H19FN4O/c20-17-7-6-16(10-15(17)11-21)23-19(25)18-5-1-2-9-24(18)13-14-4-3-8-22-12-14/h3-4,6-8,10,12,18H,1-2,5,9,13H2,(H,23,25). The Morgan fingerprint density at radius 2 is 2.28 bits per heavy atom. The Kier molecular flexibility index (Phi) is 5.36. The predicted molar refractivity (Wildman–Crippen MR) is 92.0 cm³/mol. The van der Waals surface area contributed by atoms with Gasteiger partial charge in [-0.05, 0) is 49.2 Å². The van der Waals surface area contributed by atoms with E-state index in [4.69, 9.17) is 5.26 Å². The molecule has 1 amide bonds. The van der Waals surface area contributed by atoms with Crippen LogP contribution in [0.5, 0.6) is 0 Å². The maximum Gasteiger partial charge on any atom is 0.241 e. The summed E-state index contributed by atoms with van der Waals surface area (Å²) in [5.41, 5.74) is 1.43. The first-order chi connectivity index (χ1) is 12.2. The molecule has 0 saturated carbocycles. The zero-order chi connectivity index (χ0) is 17.6. The number of halogens is 1. The van der Waals surface area contributed by atoms with E-state index >= 15 is 0 Å². The highest BCUT2D eigenvalue weighted by atomic mass is 19.1. The van der Waals surface area contributed by atoms with Crippen molar-refractivity contribution in [1.29, 1.82) is 5.26 Å². The van der Waals surface area contributed by atoms with Gasteiger partial charge in [0.15, 0.2) is 0 Å². The summed E-state index contributed by atoms with van der Waals surface area (Å²) in [5.74, 6) is -0.713. The second-order valence-electron chi connectivity index (χ2n) is 6.14. The van der Waals surface area contributed by atoms with Crippen LogP contribution in [0.4, 0.5) is 10.1 Å². The zero-order valence-electron chi connectivity index (χ0n) is 13.8. The number of nitrogens with one attached hydrogen (secondary N) is 1. The van der Waals surface area contributed by atoms with Crippen molar-refractivity contribution in [2.24, 2.45) is 0 Å². The molecule has 0 bridgehead atoms. The number of carbonyl (C=O) groups excluding carboxylic acids is 1.